The van der Waals surface area contributed by atoms with E-state index in [1.165, 1.54) is 10.5 Å². The Hall–Kier alpha value is -2.34. The molecule has 2 aromatic rings. The number of hydrogen-bond donors (Lipinski definition) is 3. The largest absolute Gasteiger partial charge is 0.495 e. The molecule has 0 bridgehead atoms. The van der Waals surface area contributed by atoms with Gasteiger partial charge in [-0.05, 0) is 37.1 Å². The molecule has 0 aliphatic carbocycles. The summed E-state index contributed by atoms with van der Waals surface area (Å²) in [7, 11) is 1.58. The van der Waals surface area contributed by atoms with E-state index in [0.717, 1.165) is 38.3 Å². The van der Waals surface area contributed by atoms with Gasteiger partial charge in [0.15, 0.2) is 6.04 Å². The molecule has 160 valence electrons. The minimum absolute atomic E-state index is 0.0115. The van der Waals surface area contributed by atoms with Crippen molar-refractivity contribution in [3.8, 4) is 5.75 Å². The van der Waals surface area contributed by atoms with Crippen LogP contribution in [-0.4, -0.2) is 51.8 Å². The maximum Gasteiger partial charge on any atom is 0.282 e. The lowest BCUT2D eigenvalue weighted by molar-refractivity contribution is -1.02. The van der Waals surface area contributed by atoms with Gasteiger partial charge in [-0.25, -0.2) is 0 Å². The van der Waals surface area contributed by atoms with Gasteiger partial charge < -0.3 is 19.9 Å². The number of ether oxygens (including phenoxy) is 1. The standard InChI is InChI=1S/C24H30ClN3O2/c1-18-16-22(23(30-3)17-21(18)25)26-24(29)19(2)28-14-12-27(13-15-28)11-7-10-20-8-5-4-6-9-20/h4-10,16-17,19H,11-15H2,1-3H3,(H,26,29)/p+2/b10-7+/t19-/m1/s1. The molecular formula is C24H32ClN3O2+2. The Morgan fingerprint density at radius 1 is 1.20 bits per heavy atom. The fourth-order valence-electron chi connectivity index (χ4n) is 3.84. The highest BCUT2D eigenvalue weighted by Crippen LogP contribution is 2.30. The van der Waals surface area contributed by atoms with E-state index >= 15 is 0 Å². The third kappa shape index (κ3) is 5.85. The molecule has 3 rings (SSSR count). The molecule has 2 aromatic carbocycles. The van der Waals surface area contributed by atoms with E-state index in [-0.39, 0.29) is 11.9 Å². The second kappa shape index (κ2) is 10.6. The van der Waals surface area contributed by atoms with Crippen molar-refractivity contribution in [3.05, 3.63) is 64.7 Å². The molecule has 1 saturated heterocycles. The number of hydrogen-bond acceptors (Lipinski definition) is 2. The van der Waals surface area contributed by atoms with E-state index in [1.807, 2.05) is 26.0 Å². The number of quaternary nitrogens is 2. The lowest BCUT2D eigenvalue weighted by atomic mass is 10.1. The van der Waals surface area contributed by atoms with Crippen LogP contribution in [0.15, 0.2) is 48.5 Å². The average molecular weight is 430 g/mol. The molecule has 1 aliphatic heterocycles. The van der Waals surface area contributed by atoms with Gasteiger partial charge in [-0.1, -0.05) is 48.0 Å². The Balaban J connectivity index is 1.50. The van der Waals surface area contributed by atoms with Crippen molar-refractivity contribution in [2.45, 2.75) is 19.9 Å². The first-order valence-electron chi connectivity index (χ1n) is 10.5. The van der Waals surface area contributed by atoms with Crippen molar-refractivity contribution < 1.29 is 19.3 Å². The van der Waals surface area contributed by atoms with E-state index in [9.17, 15) is 4.79 Å². The van der Waals surface area contributed by atoms with Gasteiger partial charge in [0.1, 0.15) is 31.9 Å². The number of piperazine rings is 1. The lowest BCUT2D eigenvalue weighted by Crippen LogP contribution is -3.29. The SMILES string of the molecule is COc1cc(Cl)c(C)cc1NC(=O)[C@@H](C)[NH+]1CC[NH+](C/C=C/c2ccccc2)CC1. The number of carbonyl (C=O) groups is 1. The minimum atomic E-state index is -0.118. The molecule has 1 heterocycles. The van der Waals surface area contributed by atoms with Crippen LogP contribution in [0.25, 0.3) is 6.08 Å². The van der Waals surface area contributed by atoms with Gasteiger partial charge in [0.05, 0.1) is 19.3 Å². The van der Waals surface area contributed by atoms with Crippen LogP contribution in [0.4, 0.5) is 5.69 Å². The van der Waals surface area contributed by atoms with Crippen LogP contribution < -0.4 is 19.9 Å². The molecule has 1 atom stereocenters. The number of anilines is 1. The van der Waals surface area contributed by atoms with Gasteiger partial charge in [-0.3, -0.25) is 4.79 Å². The average Bonchev–Trinajstić information content (AvgIpc) is 2.76. The van der Waals surface area contributed by atoms with Crippen LogP contribution >= 0.6 is 11.6 Å². The highest BCUT2D eigenvalue weighted by molar-refractivity contribution is 6.31. The third-order valence-electron chi connectivity index (χ3n) is 5.86. The predicted molar refractivity (Wildman–Crippen MR) is 123 cm³/mol. The number of carbonyl (C=O) groups excluding carboxylic acids is 1. The number of nitrogens with one attached hydrogen (secondary N) is 3. The highest BCUT2D eigenvalue weighted by Gasteiger charge is 2.31. The first kappa shape index (κ1) is 22.3. The first-order chi connectivity index (χ1) is 14.5. The third-order valence-corrected chi connectivity index (χ3v) is 6.27. The van der Waals surface area contributed by atoms with Crippen LogP contribution in [0.3, 0.4) is 0 Å². The van der Waals surface area contributed by atoms with E-state index in [0.29, 0.717) is 16.5 Å². The number of rotatable bonds is 7. The van der Waals surface area contributed by atoms with Crippen molar-refractivity contribution >= 4 is 29.3 Å². The highest BCUT2D eigenvalue weighted by atomic mass is 35.5. The lowest BCUT2D eigenvalue weighted by Gasteiger charge is -2.32. The van der Waals surface area contributed by atoms with E-state index in [2.05, 4.69) is 41.7 Å². The normalized spacial score (nSPS) is 20.1. The maximum absolute atomic E-state index is 12.8. The Kier molecular flexibility index (Phi) is 7.91. The van der Waals surface area contributed by atoms with Gasteiger partial charge in [0.2, 0.25) is 0 Å². The summed E-state index contributed by atoms with van der Waals surface area (Å²) in [4.78, 5) is 15.7. The summed E-state index contributed by atoms with van der Waals surface area (Å²) in [5.74, 6) is 0.595. The molecule has 1 aliphatic rings. The van der Waals surface area contributed by atoms with Crippen molar-refractivity contribution in [1.29, 1.82) is 0 Å². The fourth-order valence-corrected chi connectivity index (χ4v) is 4.00. The van der Waals surface area contributed by atoms with Crippen LogP contribution in [0.5, 0.6) is 5.75 Å². The summed E-state index contributed by atoms with van der Waals surface area (Å²) in [6, 6.07) is 13.9. The molecule has 0 unspecified atom stereocenters. The molecular weight excluding hydrogens is 398 g/mol. The smallest absolute Gasteiger partial charge is 0.282 e. The molecule has 6 heteroatoms. The molecule has 1 fully saturated rings. The predicted octanol–water partition coefficient (Wildman–Crippen LogP) is 1.48. The minimum Gasteiger partial charge on any atom is -0.495 e. The second-order valence-corrected chi connectivity index (χ2v) is 8.35. The van der Waals surface area contributed by atoms with Crippen molar-refractivity contribution in [2.24, 2.45) is 0 Å². The number of halogens is 1. The van der Waals surface area contributed by atoms with E-state index in [1.54, 1.807) is 18.1 Å². The molecule has 0 saturated carbocycles. The zero-order valence-electron chi connectivity index (χ0n) is 18.0. The topological polar surface area (TPSA) is 47.2 Å². The van der Waals surface area contributed by atoms with Crippen molar-refractivity contribution in [3.63, 3.8) is 0 Å². The number of aryl methyl sites for hydroxylation is 1. The van der Waals surface area contributed by atoms with Crippen LogP contribution in [0, 0.1) is 6.92 Å². The summed E-state index contributed by atoms with van der Waals surface area (Å²) in [5, 5.41) is 3.66. The molecule has 0 aromatic heterocycles. The van der Waals surface area contributed by atoms with Gasteiger partial charge >= 0.3 is 0 Å². The summed E-state index contributed by atoms with van der Waals surface area (Å²) in [5.41, 5.74) is 2.82. The van der Waals surface area contributed by atoms with Crippen LogP contribution in [-0.2, 0) is 4.79 Å². The Morgan fingerprint density at radius 2 is 1.90 bits per heavy atom. The van der Waals surface area contributed by atoms with E-state index in [4.69, 9.17) is 16.3 Å². The molecule has 5 nitrogen and oxygen atoms in total. The number of benzene rings is 2. The van der Waals surface area contributed by atoms with Crippen LogP contribution in [0.1, 0.15) is 18.1 Å². The quantitative estimate of drug-likeness (QED) is 0.624. The molecule has 3 N–H and O–H groups in total. The summed E-state index contributed by atoms with van der Waals surface area (Å²) >= 11 is 6.17. The molecule has 1 amide bonds. The monoisotopic (exact) mass is 429 g/mol. The van der Waals surface area contributed by atoms with Crippen molar-refractivity contribution in [2.75, 3.05) is 45.2 Å². The van der Waals surface area contributed by atoms with Gasteiger partial charge in [0, 0.05) is 11.1 Å². The zero-order valence-corrected chi connectivity index (χ0v) is 18.8. The van der Waals surface area contributed by atoms with E-state index < -0.39 is 0 Å². The van der Waals surface area contributed by atoms with Gasteiger partial charge in [0.25, 0.3) is 5.91 Å². The fraction of sp³-hybridized carbons (Fsp3) is 0.375. The number of amides is 1. The van der Waals surface area contributed by atoms with Gasteiger partial charge in [-0.2, -0.15) is 0 Å². The Bertz CT molecular complexity index is 878. The first-order valence-corrected chi connectivity index (χ1v) is 10.9. The summed E-state index contributed by atoms with van der Waals surface area (Å²) in [6.45, 7) is 9.04. The van der Waals surface area contributed by atoms with Crippen molar-refractivity contribution in [1.82, 2.24) is 0 Å². The molecule has 0 spiro atoms. The number of methoxy groups -OCH3 is 1. The second-order valence-electron chi connectivity index (χ2n) is 7.94. The Labute approximate surface area is 184 Å². The zero-order chi connectivity index (χ0) is 21.5. The Morgan fingerprint density at radius 3 is 2.57 bits per heavy atom. The van der Waals surface area contributed by atoms with Gasteiger partial charge in [-0.15, -0.1) is 0 Å². The van der Waals surface area contributed by atoms with Crippen LogP contribution in [0.2, 0.25) is 5.02 Å². The maximum atomic E-state index is 12.8. The summed E-state index contributed by atoms with van der Waals surface area (Å²) in [6.07, 6.45) is 4.44. The molecule has 30 heavy (non-hydrogen) atoms. The molecule has 0 radical (unpaired) electrons. The summed E-state index contributed by atoms with van der Waals surface area (Å²) < 4.78 is 5.38.